The lowest BCUT2D eigenvalue weighted by Gasteiger charge is -2.28. The summed E-state index contributed by atoms with van der Waals surface area (Å²) in [6.07, 6.45) is 3.47. The Morgan fingerprint density at radius 1 is 1.40 bits per heavy atom. The molecule has 1 aromatic heterocycles. The Balaban J connectivity index is 2.33. The van der Waals surface area contributed by atoms with Gasteiger partial charge < -0.3 is 15.7 Å². The number of H-pyrrole nitrogens is 1. The van der Waals surface area contributed by atoms with Crippen LogP contribution in [0.25, 0.3) is 0 Å². The number of rotatable bonds is 8. The van der Waals surface area contributed by atoms with Crippen molar-refractivity contribution in [3.63, 3.8) is 0 Å². The number of nitrogens with one attached hydrogen (secondary N) is 3. The lowest BCUT2D eigenvalue weighted by molar-refractivity contribution is -0.144. The molecule has 112 valence electrons. The summed E-state index contributed by atoms with van der Waals surface area (Å²) >= 11 is 0. The van der Waals surface area contributed by atoms with Gasteiger partial charge in [0.15, 0.2) is 0 Å². The van der Waals surface area contributed by atoms with Crippen LogP contribution in [0.3, 0.4) is 0 Å². The van der Waals surface area contributed by atoms with E-state index >= 15 is 0 Å². The minimum atomic E-state index is -1.20. The second-order valence-corrected chi connectivity index (χ2v) is 4.51. The molecule has 2 amide bonds. The molecule has 0 atom stereocenters. The van der Waals surface area contributed by atoms with E-state index in [4.69, 9.17) is 0 Å². The number of hydrogen-bond donors (Lipinski definition) is 4. The summed E-state index contributed by atoms with van der Waals surface area (Å²) in [7, 11) is 0. The lowest BCUT2D eigenvalue weighted by atomic mass is 9.93. The maximum Gasteiger partial charge on any atom is 0.329 e. The van der Waals surface area contributed by atoms with E-state index in [1.54, 1.807) is 13.8 Å². The van der Waals surface area contributed by atoms with Gasteiger partial charge in [0.2, 0.25) is 0 Å². The third kappa shape index (κ3) is 4.22. The Labute approximate surface area is 117 Å². The SMILES string of the molecule is CCC(CC)(NC(=O)NCCCc1ncn[nH]1)C(=O)O. The maximum absolute atomic E-state index is 11.7. The summed E-state index contributed by atoms with van der Waals surface area (Å²) in [5.41, 5.74) is -1.20. The number of aryl methyl sites for hydroxylation is 1. The van der Waals surface area contributed by atoms with E-state index in [0.29, 0.717) is 32.2 Å². The molecule has 0 aliphatic rings. The van der Waals surface area contributed by atoms with Gasteiger partial charge in [-0.15, -0.1) is 0 Å². The van der Waals surface area contributed by atoms with Crippen molar-refractivity contribution < 1.29 is 14.7 Å². The van der Waals surface area contributed by atoms with Crippen LogP contribution in [0.1, 0.15) is 38.9 Å². The number of carbonyl (C=O) groups is 2. The molecule has 8 nitrogen and oxygen atoms in total. The molecule has 0 unspecified atom stereocenters. The zero-order valence-electron chi connectivity index (χ0n) is 11.8. The van der Waals surface area contributed by atoms with Crippen LogP contribution in [0.15, 0.2) is 6.33 Å². The summed E-state index contributed by atoms with van der Waals surface area (Å²) in [5.74, 6) is -0.256. The molecule has 1 heterocycles. The molecule has 0 aliphatic heterocycles. The van der Waals surface area contributed by atoms with Crippen LogP contribution in [0.5, 0.6) is 0 Å². The van der Waals surface area contributed by atoms with Crippen molar-refractivity contribution in [2.24, 2.45) is 0 Å². The Hall–Kier alpha value is -2.12. The van der Waals surface area contributed by atoms with Crippen LogP contribution in [0, 0.1) is 0 Å². The second kappa shape index (κ2) is 7.46. The van der Waals surface area contributed by atoms with Gasteiger partial charge >= 0.3 is 12.0 Å². The van der Waals surface area contributed by atoms with Gasteiger partial charge in [-0.1, -0.05) is 13.8 Å². The minimum absolute atomic E-state index is 0.338. The summed E-state index contributed by atoms with van der Waals surface area (Å²) in [4.78, 5) is 26.9. The summed E-state index contributed by atoms with van der Waals surface area (Å²) in [5, 5.41) is 20.8. The van der Waals surface area contributed by atoms with Gasteiger partial charge in [0.25, 0.3) is 0 Å². The fourth-order valence-corrected chi connectivity index (χ4v) is 1.85. The fraction of sp³-hybridized carbons (Fsp3) is 0.667. The first-order chi connectivity index (χ1) is 9.54. The van der Waals surface area contributed by atoms with Gasteiger partial charge in [-0.25, -0.2) is 14.6 Å². The van der Waals surface area contributed by atoms with Crippen molar-refractivity contribution in [3.8, 4) is 0 Å². The third-order valence-electron chi connectivity index (χ3n) is 3.31. The highest BCUT2D eigenvalue weighted by Gasteiger charge is 2.36. The average Bonchev–Trinajstić information content (AvgIpc) is 2.94. The Bertz CT molecular complexity index is 428. The molecule has 0 aliphatic carbocycles. The number of carbonyl (C=O) groups excluding carboxylic acids is 1. The molecule has 0 saturated heterocycles. The lowest BCUT2D eigenvalue weighted by Crippen LogP contribution is -2.56. The van der Waals surface area contributed by atoms with Crippen molar-refractivity contribution in [3.05, 3.63) is 12.2 Å². The molecule has 20 heavy (non-hydrogen) atoms. The molecule has 0 radical (unpaired) electrons. The van der Waals surface area contributed by atoms with E-state index in [0.717, 1.165) is 5.82 Å². The largest absolute Gasteiger partial charge is 0.480 e. The number of aromatic amines is 1. The van der Waals surface area contributed by atoms with Crippen LogP contribution in [0.4, 0.5) is 4.79 Å². The maximum atomic E-state index is 11.7. The number of hydrogen-bond acceptors (Lipinski definition) is 4. The number of urea groups is 1. The number of nitrogens with zero attached hydrogens (tertiary/aromatic N) is 2. The normalized spacial score (nSPS) is 11.1. The van der Waals surface area contributed by atoms with Crippen LogP contribution < -0.4 is 10.6 Å². The van der Waals surface area contributed by atoms with Gasteiger partial charge in [0, 0.05) is 13.0 Å². The molecule has 0 bridgehead atoms. The van der Waals surface area contributed by atoms with Crippen LogP contribution >= 0.6 is 0 Å². The molecule has 1 aromatic rings. The highest BCUT2D eigenvalue weighted by Crippen LogP contribution is 2.15. The molecule has 0 saturated carbocycles. The van der Waals surface area contributed by atoms with Gasteiger partial charge in [-0.2, -0.15) is 5.10 Å². The molecule has 0 aromatic carbocycles. The van der Waals surface area contributed by atoms with Gasteiger partial charge in [0.1, 0.15) is 17.7 Å². The number of amides is 2. The number of carboxylic acids is 1. The van der Waals surface area contributed by atoms with E-state index in [1.807, 2.05) is 0 Å². The highest BCUT2D eigenvalue weighted by atomic mass is 16.4. The zero-order valence-corrected chi connectivity index (χ0v) is 11.8. The minimum Gasteiger partial charge on any atom is -0.480 e. The van der Waals surface area contributed by atoms with Crippen molar-refractivity contribution in [2.45, 2.75) is 45.1 Å². The van der Waals surface area contributed by atoms with E-state index in [1.165, 1.54) is 6.33 Å². The van der Waals surface area contributed by atoms with Gasteiger partial charge in [0.05, 0.1) is 0 Å². The molecule has 8 heteroatoms. The Morgan fingerprint density at radius 3 is 2.60 bits per heavy atom. The predicted molar refractivity (Wildman–Crippen MR) is 72.2 cm³/mol. The topological polar surface area (TPSA) is 120 Å². The van der Waals surface area contributed by atoms with Crippen LogP contribution in [-0.2, 0) is 11.2 Å². The standard InChI is InChI=1S/C12H21N5O3/c1-3-12(4-2,10(18)19)16-11(20)13-7-5-6-9-14-8-15-17-9/h8H,3-7H2,1-2H3,(H,18,19)(H2,13,16,20)(H,14,15,17). The number of aliphatic carboxylic acids is 1. The summed E-state index contributed by atoms with van der Waals surface area (Å²) < 4.78 is 0. The van der Waals surface area contributed by atoms with Crippen molar-refractivity contribution >= 4 is 12.0 Å². The molecular formula is C12H21N5O3. The number of aromatic nitrogens is 3. The van der Waals surface area contributed by atoms with E-state index in [2.05, 4.69) is 25.8 Å². The first-order valence-electron chi connectivity index (χ1n) is 6.67. The molecule has 0 fully saturated rings. The fourth-order valence-electron chi connectivity index (χ4n) is 1.85. The third-order valence-corrected chi connectivity index (χ3v) is 3.31. The predicted octanol–water partition coefficient (Wildman–Crippen LogP) is 0.680. The zero-order chi connectivity index (χ0) is 15.0. The molecule has 1 rings (SSSR count). The number of carboxylic acid groups (broad SMARTS) is 1. The molecular weight excluding hydrogens is 262 g/mol. The molecule has 4 N–H and O–H groups in total. The van der Waals surface area contributed by atoms with E-state index in [9.17, 15) is 14.7 Å². The van der Waals surface area contributed by atoms with Crippen LogP contribution in [0.2, 0.25) is 0 Å². The first kappa shape index (κ1) is 15.9. The van der Waals surface area contributed by atoms with Crippen molar-refractivity contribution in [2.75, 3.05) is 6.54 Å². The van der Waals surface area contributed by atoms with Crippen molar-refractivity contribution in [1.82, 2.24) is 25.8 Å². The van der Waals surface area contributed by atoms with E-state index < -0.39 is 17.5 Å². The smallest absolute Gasteiger partial charge is 0.329 e. The Kier molecular flexibility index (Phi) is 5.95. The summed E-state index contributed by atoms with van der Waals surface area (Å²) in [6, 6.07) is -0.464. The Morgan fingerprint density at radius 2 is 2.10 bits per heavy atom. The quantitative estimate of drug-likeness (QED) is 0.523. The molecule has 0 spiro atoms. The summed E-state index contributed by atoms with van der Waals surface area (Å²) in [6.45, 7) is 3.92. The van der Waals surface area contributed by atoms with Crippen molar-refractivity contribution in [1.29, 1.82) is 0 Å². The van der Waals surface area contributed by atoms with Gasteiger partial charge in [-0.3, -0.25) is 5.10 Å². The van der Waals surface area contributed by atoms with Crippen LogP contribution in [-0.4, -0.2) is 44.4 Å². The average molecular weight is 283 g/mol. The van der Waals surface area contributed by atoms with Gasteiger partial charge in [-0.05, 0) is 19.3 Å². The monoisotopic (exact) mass is 283 g/mol. The second-order valence-electron chi connectivity index (χ2n) is 4.51. The van der Waals surface area contributed by atoms with E-state index in [-0.39, 0.29) is 0 Å². The highest BCUT2D eigenvalue weighted by molar-refractivity contribution is 5.86. The first-order valence-corrected chi connectivity index (χ1v) is 6.67.